The normalized spacial score (nSPS) is 49.9. The van der Waals surface area contributed by atoms with Gasteiger partial charge in [-0.05, 0) is 58.3 Å². The molecule has 0 aromatic rings. The van der Waals surface area contributed by atoms with Gasteiger partial charge in [-0.3, -0.25) is 5.26 Å². The second-order valence-corrected chi connectivity index (χ2v) is 9.16. The molecule has 7 atom stereocenters. The summed E-state index contributed by atoms with van der Waals surface area (Å²) in [6, 6.07) is 0. The number of fused-ring (bicyclic) bond motifs is 5. The fraction of sp³-hybridized carbons (Fsp3) is 0.857. The predicted molar refractivity (Wildman–Crippen MR) is 98.1 cm³/mol. The number of rotatable bonds is 1. The van der Waals surface area contributed by atoms with Gasteiger partial charge in [0.15, 0.2) is 0 Å². The van der Waals surface area contributed by atoms with Gasteiger partial charge < -0.3 is 14.2 Å². The second-order valence-electron chi connectivity index (χ2n) is 9.16. The number of hydrogen-bond donors (Lipinski definition) is 1. The average molecular weight is 380 g/mol. The van der Waals surface area contributed by atoms with Crippen LogP contribution in [0.4, 0.5) is 0 Å². The Labute approximate surface area is 161 Å². The molecule has 4 heterocycles. The zero-order valence-corrected chi connectivity index (χ0v) is 16.6. The number of allylic oxidation sites excluding steroid dienone is 2. The quantitative estimate of drug-likeness (QED) is 0.324. The van der Waals surface area contributed by atoms with E-state index in [-0.39, 0.29) is 24.0 Å². The molecule has 0 radical (unpaired) electrons. The van der Waals surface area contributed by atoms with Crippen LogP contribution in [0.25, 0.3) is 0 Å². The largest absolute Gasteiger partial charge is 0.457 e. The Balaban J connectivity index is 1.75. The first-order chi connectivity index (χ1) is 12.9. The molecular formula is C21H32O6. The van der Waals surface area contributed by atoms with Crippen LogP contribution in [0, 0.1) is 11.8 Å². The number of carbonyl (C=O) groups excluding carboxylic acids is 1. The molecule has 6 heteroatoms. The van der Waals surface area contributed by atoms with Gasteiger partial charge in [0.25, 0.3) is 0 Å². The van der Waals surface area contributed by atoms with Crippen LogP contribution < -0.4 is 0 Å². The maximum atomic E-state index is 12.7. The van der Waals surface area contributed by atoms with Crippen molar-refractivity contribution in [1.82, 2.24) is 0 Å². The van der Waals surface area contributed by atoms with Crippen LogP contribution in [0.1, 0.15) is 65.7 Å². The van der Waals surface area contributed by atoms with Crippen LogP contribution in [0.2, 0.25) is 0 Å². The van der Waals surface area contributed by atoms with E-state index in [1.165, 1.54) is 5.57 Å². The van der Waals surface area contributed by atoms with Crippen LogP contribution in [-0.2, 0) is 23.9 Å². The summed E-state index contributed by atoms with van der Waals surface area (Å²) in [6.45, 7) is 6.86. The molecule has 4 aliphatic heterocycles. The Hall–Kier alpha value is -0.950. The Bertz CT molecular complexity index is 618. The number of ether oxygens (including phenoxy) is 3. The van der Waals surface area contributed by atoms with Crippen LogP contribution in [0.3, 0.4) is 0 Å². The lowest BCUT2D eigenvalue weighted by molar-refractivity contribution is -0.322. The minimum Gasteiger partial charge on any atom is -0.457 e. The maximum absolute atomic E-state index is 12.7. The van der Waals surface area contributed by atoms with E-state index in [0.717, 1.165) is 32.1 Å². The summed E-state index contributed by atoms with van der Waals surface area (Å²) in [7, 11) is 0. The molecule has 0 unspecified atom stereocenters. The zero-order valence-electron chi connectivity index (χ0n) is 16.6. The Morgan fingerprint density at radius 2 is 2.11 bits per heavy atom. The highest BCUT2D eigenvalue weighted by atomic mass is 17.1. The number of carbonyl (C=O) groups is 1. The van der Waals surface area contributed by atoms with Crippen LogP contribution in [0.5, 0.6) is 0 Å². The average Bonchev–Trinajstić information content (AvgIpc) is 2.79. The van der Waals surface area contributed by atoms with E-state index < -0.39 is 23.3 Å². The van der Waals surface area contributed by atoms with Gasteiger partial charge in [0.05, 0.1) is 24.4 Å². The topological polar surface area (TPSA) is 74.2 Å². The monoisotopic (exact) mass is 380 g/mol. The summed E-state index contributed by atoms with van der Waals surface area (Å²) in [5.41, 5.74) is -0.346. The molecule has 3 fully saturated rings. The number of esters is 1. The first kappa shape index (κ1) is 19.4. The summed E-state index contributed by atoms with van der Waals surface area (Å²) in [5, 5.41) is 9.70. The van der Waals surface area contributed by atoms with Crippen molar-refractivity contribution in [1.29, 1.82) is 0 Å². The highest BCUT2D eigenvalue weighted by Gasteiger charge is 2.66. The van der Waals surface area contributed by atoms with Gasteiger partial charge in [-0.25, -0.2) is 9.68 Å². The SMILES string of the molecule is C/C1=C\CC[C@]2(C)O[C@H]([C@@H]3OC(=O)[C@]4(OO)CCO[C@@H]2C[C@H]34)[C@H](C)CCC1. The van der Waals surface area contributed by atoms with E-state index in [0.29, 0.717) is 19.4 Å². The minimum atomic E-state index is -1.32. The van der Waals surface area contributed by atoms with E-state index >= 15 is 0 Å². The minimum absolute atomic E-state index is 0.150. The lowest BCUT2D eigenvalue weighted by atomic mass is 9.76. The fourth-order valence-corrected chi connectivity index (χ4v) is 5.55. The zero-order chi connectivity index (χ0) is 19.2. The third kappa shape index (κ3) is 3.15. The third-order valence-electron chi connectivity index (χ3n) is 7.34. The van der Waals surface area contributed by atoms with Crippen molar-refractivity contribution in [3.05, 3.63) is 11.6 Å². The molecule has 0 aromatic heterocycles. The Morgan fingerprint density at radius 3 is 2.89 bits per heavy atom. The van der Waals surface area contributed by atoms with Gasteiger partial charge in [-0.2, -0.15) is 0 Å². The molecule has 0 aliphatic carbocycles. The van der Waals surface area contributed by atoms with Crippen molar-refractivity contribution in [2.45, 2.75) is 95.2 Å². The summed E-state index contributed by atoms with van der Waals surface area (Å²) in [5.74, 6) is -0.490. The van der Waals surface area contributed by atoms with E-state index in [1.807, 2.05) is 0 Å². The smallest absolute Gasteiger partial charge is 0.342 e. The van der Waals surface area contributed by atoms with Crippen molar-refractivity contribution in [3.63, 3.8) is 0 Å². The summed E-state index contributed by atoms with van der Waals surface area (Å²) in [4.78, 5) is 17.6. The molecule has 3 saturated heterocycles. The van der Waals surface area contributed by atoms with Crippen molar-refractivity contribution < 1.29 is 29.1 Å². The molecule has 4 rings (SSSR count). The Kier molecular flexibility index (Phi) is 5.12. The summed E-state index contributed by atoms with van der Waals surface area (Å²) >= 11 is 0. The van der Waals surface area contributed by atoms with Crippen LogP contribution in [-0.4, -0.2) is 47.3 Å². The van der Waals surface area contributed by atoms with Gasteiger partial charge in [0.2, 0.25) is 5.60 Å². The lowest BCUT2D eigenvalue weighted by Gasteiger charge is -2.39. The van der Waals surface area contributed by atoms with Crippen LogP contribution >= 0.6 is 0 Å². The van der Waals surface area contributed by atoms with Gasteiger partial charge in [0.1, 0.15) is 6.10 Å². The number of hydrogen-bond acceptors (Lipinski definition) is 6. The molecule has 6 nitrogen and oxygen atoms in total. The highest BCUT2D eigenvalue weighted by Crippen LogP contribution is 2.51. The van der Waals surface area contributed by atoms with Gasteiger partial charge in [-0.1, -0.05) is 18.6 Å². The standard InChI is InChI=1S/C21H32O6/c1-13-6-4-8-14(2)17-18-15-12-16(20(3,26-17)9-5-7-13)24-11-10-21(15,27-23)19(22)25-18/h7,14-18,23H,4-6,8-12H2,1-3H3/b13-7+/t14-,15-,16-,17+,18-,20+,21+/m1/s1. The lowest BCUT2D eigenvalue weighted by Crippen LogP contribution is -2.48. The fourth-order valence-electron chi connectivity index (χ4n) is 5.55. The van der Waals surface area contributed by atoms with E-state index in [1.54, 1.807) is 0 Å². The molecule has 0 aromatic carbocycles. The van der Waals surface area contributed by atoms with E-state index in [4.69, 9.17) is 19.1 Å². The second kappa shape index (κ2) is 7.14. The van der Waals surface area contributed by atoms with Gasteiger partial charge in [0, 0.05) is 12.3 Å². The highest BCUT2D eigenvalue weighted by molar-refractivity contribution is 5.82. The molecule has 1 N–H and O–H groups in total. The molecule has 27 heavy (non-hydrogen) atoms. The van der Waals surface area contributed by atoms with E-state index in [2.05, 4.69) is 26.8 Å². The summed E-state index contributed by atoms with van der Waals surface area (Å²) in [6.07, 6.45) is 7.45. The molecule has 0 spiro atoms. The van der Waals surface area contributed by atoms with Gasteiger partial charge >= 0.3 is 5.97 Å². The molecular weight excluding hydrogens is 348 g/mol. The maximum Gasteiger partial charge on any atom is 0.342 e. The predicted octanol–water partition coefficient (Wildman–Crippen LogP) is 3.64. The van der Waals surface area contributed by atoms with Crippen molar-refractivity contribution in [3.8, 4) is 0 Å². The Morgan fingerprint density at radius 1 is 1.30 bits per heavy atom. The third-order valence-corrected chi connectivity index (χ3v) is 7.34. The molecule has 0 saturated carbocycles. The van der Waals surface area contributed by atoms with Crippen molar-refractivity contribution in [2.24, 2.45) is 11.8 Å². The summed E-state index contributed by atoms with van der Waals surface area (Å²) < 4.78 is 18.8. The first-order valence-corrected chi connectivity index (χ1v) is 10.4. The molecule has 152 valence electrons. The van der Waals surface area contributed by atoms with E-state index in [9.17, 15) is 10.1 Å². The van der Waals surface area contributed by atoms with Gasteiger partial charge in [-0.15, -0.1) is 0 Å². The molecule has 4 aliphatic rings. The molecule has 4 bridgehead atoms. The molecule has 0 amide bonds. The van der Waals surface area contributed by atoms with Crippen molar-refractivity contribution in [2.75, 3.05) is 6.61 Å². The first-order valence-electron chi connectivity index (χ1n) is 10.4. The van der Waals surface area contributed by atoms with Crippen molar-refractivity contribution >= 4 is 5.97 Å². The van der Waals surface area contributed by atoms with Crippen LogP contribution in [0.15, 0.2) is 11.6 Å².